The summed E-state index contributed by atoms with van der Waals surface area (Å²) in [6.07, 6.45) is -0.210. The first-order valence-corrected chi connectivity index (χ1v) is 13.4. The predicted molar refractivity (Wildman–Crippen MR) is 148 cm³/mol. The third-order valence-electron chi connectivity index (χ3n) is 6.77. The Hall–Kier alpha value is -2.30. The van der Waals surface area contributed by atoms with Gasteiger partial charge in [-0.1, -0.05) is 82.1 Å². The van der Waals surface area contributed by atoms with Gasteiger partial charge in [0.2, 0.25) is 0 Å². The summed E-state index contributed by atoms with van der Waals surface area (Å²) in [6, 6.07) is 16.5. The van der Waals surface area contributed by atoms with Crippen molar-refractivity contribution in [3.63, 3.8) is 0 Å². The summed E-state index contributed by atoms with van der Waals surface area (Å²) in [7, 11) is 0. The van der Waals surface area contributed by atoms with E-state index in [4.69, 9.17) is 27.9 Å². The minimum absolute atomic E-state index is 0.124. The van der Waals surface area contributed by atoms with Crippen molar-refractivity contribution in [1.82, 2.24) is 10.6 Å². The average molecular weight is 547 g/mol. The van der Waals surface area contributed by atoms with E-state index in [0.29, 0.717) is 22.9 Å². The molecule has 3 N–H and O–H groups in total. The standard InChI is InChI=1S/C29H37Cl2N3O3/c1-18(2)13-23(16-35)33-27(36)37-26-25(19-7-6-8-22(31)14-19)29(17-32,20-9-11-21(30)12-10-20)24(34-26)15-28(3,4)5/h6-12,14,18,23-26,34-35H,13,15-16H2,1-5H3,(H,33,36)/t23-,24-,25-,26+,29-/m1/s1. The molecule has 0 unspecified atom stereocenters. The summed E-state index contributed by atoms with van der Waals surface area (Å²) >= 11 is 12.6. The van der Waals surface area contributed by atoms with Gasteiger partial charge in [-0.2, -0.15) is 5.26 Å². The van der Waals surface area contributed by atoms with E-state index in [1.165, 1.54) is 0 Å². The van der Waals surface area contributed by atoms with E-state index in [1.54, 1.807) is 18.2 Å². The van der Waals surface area contributed by atoms with E-state index in [2.05, 4.69) is 37.5 Å². The van der Waals surface area contributed by atoms with E-state index in [1.807, 2.05) is 44.2 Å². The summed E-state index contributed by atoms with van der Waals surface area (Å²) in [6.45, 7) is 10.2. The molecule has 0 bridgehead atoms. The average Bonchev–Trinajstić information content (AvgIpc) is 3.10. The fourth-order valence-electron chi connectivity index (χ4n) is 5.34. The van der Waals surface area contributed by atoms with Crippen LogP contribution in [0, 0.1) is 22.7 Å². The number of aliphatic hydroxyl groups is 1. The van der Waals surface area contributed by atoms with Gasteiger partial charge in [0.25, 0.3) is 0 Å². The van der Waals surface area contributed by atoms with Crippen LogP contribution in [-0.4, -0.2) is 36.1 Å². The first-order chi connectivity index (χ1) is 17.4. The van der Waals surface area contributed by atoms with Gasteiger partial charge in [0.15, 0.2) is 6.23 Å². The number of carbonyl (C=O) groups is 1. The van der Waals surface area contributed by atoms with Gasteiger partial charge in [-0.05, 0) is 59.6 Å². The topological polar surface area (TPSA) is 94.4 Å². The Labute approximate surface area is 230 Å². The largest absolute Gasteiger partial charge is 0.430 e. The lowest BCUT2D eigenvalue weighted by molar-refractivity contribution is 0.0683. The third-order valence-corrected chi connectivity index (χ3v) is 7.26. The summed E-state index contributed by atoms with van der Waals surface area (Å²) in [5.74, 6) is -0.276. The monoisotopic (exact) mass is 545 g/mol. The molecule has 37 heavy (non-hydrogen) atoms. The molecule has 1 amide bonds. The lowest BCUT2D eigenvalue weighted by atomic mass is 9.64. The van der Waals surface area contributed by atoms with Crippen LogP contribution in [0.15, 0.2) is 48.5 Å². The van der Waals surface area contributed by atoms with Gasteiger partial charge in [0.05, 0.1) is 24.6 Å². The Bertz CT molecular complexity index is 1110. The Kier molecular flexibility index (Phi) is 9.52. The van der Waals surface area contributed by atoms with Gasteiger partial charge < -0.3 is 15.2 Å². The lowest BCUT2D eigenvalue weighted by Gasteiger charge is -2.37. The van der Waals surface area contributed by atoms with Crippen LogP contribution in [0.2, 0.25) is 10.0 Å². The molecular weight excluding hydrogens is 509 g/mol. The second-order valence-electron chi connectivity index (χ2n) is 11.5. The fraction of sp³-hybridized carbons (Fsp3) is 0.517. The number of rotatable bonds is 8. The van der Waals surface area contributed by atoms with Crippen molar-refractivity contribution in [2.45, 2.75) is 77.1 Å². The van der Waals surface area contributed by atoms with Crippen molar-refractivity contribution >= 4 is 29.3 Å². The van der Waals surface area contributed by atoms with Crippen LogP contribution in [0.3, 0.4) is 0 Å². The Morgan fingerprint density at radius 1 is 1.19 bits per heavy atom. The molecule has 1 aliphatic rings. The van der Waals surface area contributed by atoms with Crippen molar-refractivity contribution < 1.29 is 14.6 Å². The van der Waals surface area contributed by atoms with Crippen LogP contribution < -0.4 is 10.6 Å². The number of benzene rings is 2. The van der Waals surface area contributed by atoms with Crippen molar-refractivity contribution in [2.75, 3.05) is 6.61 Å². The maximum atomic E-state index is 13.1. The Morgan fingerprint density at radius 3 is 2.41 bits per heavy atom. The van der Waals surface area contributed by atoms with E-state index >= 15 is 0 Å². The number of nitrogens with zero attached hydrogens (tertiary/aromatic N) is 1. The molecule has 0 radical (unpaired) electrons. The Balaban J connectivity index is 2.11. The van der Waals surface area contributed by atoms with Crippen LogP contribution >= 0.6 is 23.2 Å². The van der Waals surface area contributed by atoms with Crippen molar-refractivity contribution in [3.05, 3.63) is 69.7 Å². The van der Waals surface area contributed by atoms with Crippen LogP contribution in [0.5, 0.6) is 0 Å². The van der Waals surface area contributed by atoms with Crippen LogP contribution in [0.25, 0.3) is 0 Å². The molecule has 0 saturated carbocycles. The minimum atomic E-state index is -1.08. The number of nitrogens with one attached hydrogen (secondary N) is 2. The minimum Gasteiger partial charge on any atom is -0.430 e. The van der Waals surface area contributed by atoms with Crippen molar-refractivity contribution in [3.8, 4) is 6.07 Å². The van der Waals surface area contributed by atoms with E-state index < -0.39 is 29.7 Å². The zero-order valence-corrected chi connectivity index (χ0v) is 23.6. The fourth-order valence-corrected chi connectivity index (χ4v) is 5.66. The SMILES string of the molecule is CC(C)C[C@H](CO)NC(=O)O[C@@H]1N[C@H](CC(C)(C)C)[C@@](C#N)(c2ccc(Cl)cc2)[C@@H]1c1cccc(Cl)c1. The number of halogens is 2. The van der Waals surface area contributed by atoms with Gasteiger partial charge in [0.1, 0.15) is 5.41 Å². The third kappa shape index (κ3) is 6.97. The molecule has 3 rings (SSSR count). The van der Waals surface area contributed by atoms with Crippen LogP contribution in [0.4, 0.5) is 4.79 Å². The maximum Gasteiger partial charge on any atom is 0.409 e. The number of carbonyl (C=O) groups excluding carboxylic acids is 1. The first-order valence-electron chi connectivity index (χ1n) is 12.7. The lowest BCUT2D eigenvalue weighted by Crippen LogP contribution is -2.44. The summed E-state index contributed by atoms with van der Waals surface area (Å²) < 4.78 is 5.99. The highest BCUT2D eigenvalue weighted by Gasteiger charge is 2.59. The Morgan fingerprint density at radius 2 is 1.86 bits per heavy atom. The molecule has 1 saturated heterocycles. The molecule has 200 valence electrons. The number of amides is 1. The molecule has 1 heterocycles. The first kappa shape index (κ1) is 29.3. The van der Waals surface area contributed by atoms with E-state index in [9.17, 15) is 15.2 Å². The summed E-state index contributed by atoms with van der Waals surface area (Å²) in [4.78, 5) is 13.1. The van der Waals surface area contributed by atoms with Crippen molar-refractivity contribution in [2.24, 2.45) is 11.3 Å². The molecule has 0 aliphatic carbocycles. The van der Waals surface area contributed by atoms with Crippen LogP contribution in [-0.2, 0) is 10.2 Å². The normalized spacial score (nSPS) is 24.5. The number of ether oxygens (including phenoxy) is 1. The van der Waals surface area contributed by atoms with Crippen molar-refractivity contribution in [1.29, 1.82) is 5.26 Å². The van der Waals surface area contributed by atoms with Crippen LogP contribution in [0.1, 0.15) is 64.5 Å². The molecule has 2 aromatic rings. The zero-order valence-electron chi connectivity index (χ0n) is 22.1. The van der Waals surface area contributed by atoms with Gasteiger partial charge in [-0.15, -0.1) is 0 Å². The highest BCUT2D eigenvalue weighted by atomic mass is 35.5. The zero-order chi connectivity index (χ0) is 27.4. The molecule has 0 aromatic heterocycles. The summed E-state index contributed by atoms with van der Waals surface area (Å²) in [5, 5.41) is 28.0. The molecule has 5 atom stereocenters. The van der Waals surface area contributed by atoms with E-state index in [0.717, 1.165) is 11.1 Å². The molecule has 2 aromatic carbocycles. The highest BCUT2D eigenvalue weighted by molar-refractivity contribution is 6.30. The molecule has 8 heteroatoms. The second kappa shape index (κ2) is 12.0. The van der Waals surface area contributed by atoms with Gasteiger partial charge >= 0.3 is 6.09 Å². The number of hydrogen-bond acceptors (Lipinski definition) is 5. The smallest absolute Gasteiger partial charge is 0.409 e. The van der Waals surface area contributed by atoms with E-state index in [-0.39, 0.29) is 24.0 Å². The maximum absolute atomic E-state index is 13.1. The predicted octanol–water partition coefficient (Wildman–Crippen LogP) is 6.41. The highest BCUT2D eigenvalue weighted by Crippen LogP contribution is 2.51. The number of aliphatic hydroxyl groups excluding tert-OH is 1. The molecule has 6 nitrogen and oxygen atoms in total. The quantitative estimate of drug-likeness (QED) is 0.356. The number of alkyl carbamates (subject to hydrolysis) is 1. The van der Waals surface area contributed by atoms with Gasteiger partial charge in [-0.25, -0.2) is 4.79 Å². The number of hydrogen-bond donors (Lipinski definition) is 3. The second-order valence-corrected chi connectivity index (χ2v) is 12.4. The molecular formula is C29H37Cl2N3O3. The molecule has 0 spiro atoms. The van der Waals surface area contributed by atoms with Gasteiger partial charge in [0, 0.05) is 16.1 Å². The van der Waals surface area contributed by atoms with Gasteiger partial charge in [-0.3, -0.25) is 5.32 Å². The summed E-state index contributed by atoms with van der Waals surface area (Å²) in [5.41, 5.74) is 0.362. The molecule has 1 fully saturated rings. The number of nitriles is 1. The molecule has 1 aliphatic heterocycles.